The lowest BCUT2D eigenvalue weighted by atomic mass is 10.0. The van der Waals surface area contributed by atoms with E-state index < -0.39 is 5.82 Å². The van der Waals surface area contributed by atoms with Crippen molar-refractivity contribution in [2.45, 2.75) is 18.5 Å². The van der Waals surface area contributed by atoms with E-state index in [4.69, 9.17) is 16.6 Å². The van der Waals surface area contributed by atoms with Crippen LogP contribution in [0.4, 0.5) is 10.1 Å². The lowest BCUT2D eigenvalue weighted by Gasteiger charge is -2.25. The first-order chi connectivity index (χ1) is 17.1. The molecule has 0 saturated carbocycles. The minimum Gasteiger partial charge on any atom is -0.459 e. The van der Waals surface area contributed by atoms with Crippen molar-refractivity contribution < 1.29 is 13.6 Å². The maximum Gasteiger partial charge on any atom is 0.226 e. The van der Waals surface area contributed by atoms with E-state index in [0.717, 1.165) is 17.0 Å². The van der Waals surface area contributed by atoms with Crippen LogP contribution in [0.2, 0.25) is 0 Å². The Kier molecular flexibility index (Phi) is 6.54. The number of amides is 1. The molecule has 4 aromatic rings. The van der Waals surface area contributed by atoms with Crippen LogP contribution in [-0.2, 0) is 4.79 Å². The molecule has 1 amide bonds. The summed E-state index contributed by atoms with van der Waals surface area (Å²) in [6, 6.07) is 25.0. The smallest absolute Gasteiger partial charge is 0.226 e. The number of thiocarbonyl (C=S) groups is 1. The molecule has 35 heavy (non-hydrogen) atoms. The van der Waals surface area contributed by atoms with Crippen molar-refractivity contribution in [1.82, 2.24) is 15.2 Å². The fraction of sp³-hybridized carbons (Fsp3) is 0.148. The van der Waals surface area contributed by atoms with Crippen molar-refractivity contribution >= 4 is 28.9 Å². The van der Waals surface area contributed by atoms with Gasteiger partial charge in [0.2, 0.25) is 5.91 Å². The number of carbonyl (C=O) groups excluding carboxylic acids is 1. The minimum atomic E-state index is -0.476. The summed E-state index contributed by atoms with van der Waals surface area (Å²) in [5.41, 5.74) is 1.94. The number of nitrogens with one attached hydrogen (secondary N) is 2. The summed E-state index contributed by atoms with van der Waals surface area (Å²) in [7, 11) is 0. The number of carbonyl (C=O) groups is 1. The highest BCUT2D eigenvalue weighted by molar-refractivity contribution is 7.80. The number of anilines is 1. The predicted octanol–water partition coefficient (Wildman–Crippen LogP) is 5.48. The number of aromatic nitrogens is 1. The van der Waals surface area contributed by atoms with Gasteiger partial charge in [-0.1, -0.05) is 48.5 Å². The van der Waals surface area contributed by atoms with Crippen molar-refractivity contribution in [3.8, 4) is 11.3 Å². The highest BCUT2D eigenvalue weighted by Crippen LogP contribution is 2.40. The van der Waals surface area contributed by atoms with E-state index in [1.165, 1.54) is 12.1 Å². The van der Waals surface area contributed by atoms with Gasteiger partial charge in [-0.05, 0) is 48.6 Å². The summed E-state index contributed by atoms with van der Waals surface area (Å²) in [4.78, 5) is 19.1. The molecule has 8 heteroatoms. The molecule has 2 atom stereocenters. The van der Waals surface area contributed by atoms with Gasteiger partial charge in [-0.3, -0.25) is 9.78 Å². The van der Waals surface area contributed by atoms with Gasteiger partial charge < -0.3 is 20.0 Å². The van der Waals surface area contributed by atoms with Gasteiger partial charge in [-0.2, -0.15) is 0 Å². The largest absolute Gasteiger partial charge is 0.459 e. The highest BCUT2D eigenvalue weighted by atomic mass is 32.1. The van der Waals surface area contributed by atoms with E-state index in [1.807, 2.05) is 65.6 Å². The van der Waals surface area contributed by atoms with E-state index in [0.29, 0.717) is 17.4 Å². The van der Waals surface area contributed by atoms with Crippen molar-refractivity contribution in [3.05, 3.63) is 108 Å². The van der Waals surface area contributed by atoms with E-state index in [2.05, 4.69) is 15.6 Å². The molecule has 5 rings (SSSR count). The van der Waals surface area contributed by atoms with E-state index in [1.54, 1.807) is 18.3 Å². The first-order valence-electron chi connectivity index (χ1n) is 11.3. The number of nitrogens with zero attached hydrogens (tertiary/aromatic N) is 2. The Morgan fingerprint density at radius 3 is 2.57 bits per heavy atom. The molecule has 0 radical (unpaired) electrons. The van der Waals surface area contributed by atoms with Crippen molar-refractivity contribution in [2.75, 3.05) is 11.9 Å². The van der Waals surface area contributed by atoms with Crippen LogP contribution in [0, 0.1) is 5.82 Å². The van der Waals surface area contributed by atoms with Crippen LogP contribution in [0.25, 0.3) is 11.3 Å². The van der Waals surface area contributed by atoms with Crippen LogP contribution >= 0.6 is 12.2 Å². The molecule has 0 bridgehead atoms. The number of para-hydroxylation sites is 1. The minimum absolute atomic E-state index is 0.119. The van der Waals surface area contributed by atoms with Crippen LogP contribution in [0.15, 0.2) is 95.5 Å². The van der Waals surface area contributed by atoms with Crippen molar-refractivity contribution in [3.63, 3.8) is 0 Å². The second-order valence-electron chi connectivity index (χ2n) is 8.17. The lowest BCUT2D eigenvalue weighted by molar-refractivity contribution is -0.116. The van der Waals surface area contributed by atoms with Gasteiger partial charge in [-0.15, -0.1) is 0 Å². The second kappa shape index (κ2) is 10.1. The molecule has 2 aromatic heterocycles. The third kappa shape index (κ3) is 4.93. The Labute approximate surface area is 207 Å². The fourth-order valence-corrected chi connectivity index (χ4v) is 4.55. The molecule has 2 N–H and O–H groups in total. The maximum atomic E-state index is 13.9. The van der Waals surface area contributed by atoms with Gasteiger partial charge in [0.05, 0.1) is 17.4 Å². The number of benzene rings is 2. The fourth-order valence-electron chi connectivity index (χ4n) is 4.22. The summed E-state index contributed by atoms with van der Waals surface area (Å²) >= 11 is 5.65. The monoisotopic (exact) mass is 486 g/mol. The van der Waals surface area contributed by atoms with Gasteiger partial charge in [0, 0.05) is 24.7 Å². The summed E-state index contributed by atoms with van der Waals surface area (Å²) in [5.74, 6) is 0.676. The number of hydrogen-bond donors (Lipinski definition) is 2. The molecule has 2 aromatic carbocycles. The molecular formula is C27H23FN4O2S. The molecule has 1 saturated heterocycles. The first kappa shape index (κ1) is 22.7. The molecule has 176 valence electrons. The van der Waals surface area contributed by atoms with E-state index in [9.17, 15) is 9.18 Å². The Morgan fingerprint density at radius 2 is 1.80 bits per heavy atom. The third-order valence-electron chi connectivity index (χ3n) is 5.90. The van der Waals surface area contributed by atoms with Crippen LogP contribution < -0.4 is 10.6 Å². The Bertz CT molecular complexity index is 1330. The van der Waals surface area contributed by atoms with Crippen LogP contribution in [-0.4, -0.2) is 27.4 Å². The highest BCUT2D eigenvalue weighted by Gasteiger charge is 2.41. The summed E-state index contributed by atoms with van der Waals surface area (Å²) < 4.78 is 20.2. The number of furan rings is 1. The van der Waals surface area contributed by atoms with Gasteiger partial charge in [-0.25, -0.2) is 4.39 Å². The summed E-state index contributed by atoms with van der Waals surface area (Å²) in [5, 5.41) is 6.48. The van der Waals surface area contributed by atoms with Gasteiger partial charge >= 0.3 is 0 Å². The van der Waals surface area contributed by atoms with Gasteiger partial charge in [0.1, 0.15) is 23.4 Å². The Hall–Kier alpha value is -4.04. The van der Waals surface area contributed by atoms with E-state index >= 15 is 0 Å². The zero-order valence-corrected chi connectivity index (χ0v) is 19.5. The molecule has 0 unspecified atom stereocenters. The number of pyridine rings is 1. The molecular weight excluding hydrogens is 463 g/mol. The molecule has 1 aliphatic rings. The Balaban J connectivity index is 1.39. The van der Waals surface area contributed by atoms with Crippen molar-refractivity contribution in [1.29, 1.82) is 0 Å². The maximum absolute atomic E-state index is 13.9. The van der Waals surface area contributed by atoms with Crippen LogP contribution in [0.5, 0.6) is 0 Å². The first-order valence-corrected chi connectivity index (χ1v) is 11.7. The topological polar surface area (TPSA) is 70.4 Å². The molecule has 0 aliphatic carbocycles. The van der Waals surface area contributed by atoms with Crippen molar-refractivity contribution in [2.24, 2.45) is 0 Å². The Morgan fingerprint density at radius 1 is 1.03 bits per heavy atom. The molecule has 1 aliphatic heterocycles. The zero-order valence-electron chi connectivity index (χ0n) is 18.7. The second-order valence-corrected chi connectivity index (χ2v) is 8.55. The average Bonchev–Trinajstić information content (AvgIpc) is 3.50. The quantitative estimate of drug-likeness (QED) is 0.337. The number of halogens is 1. The number of hydrogen-bond acceptors (Lipinski definition) is 4. The zero-order chi connectivity index (χ0) is 24.2. The molecule has 1 fully saturated rings. The third-order valence-corrected chi connectivity index (χ3v) is 6.25. The molecule has 6 nitrogen and oxygen atoms in total. The predicted molar refractivity (Wildman–Crippen MR) is 136 cm³/mol. The normalized spacial score (nSPS) is 17.3. The molecule has 0 spiro atoms. The SMILES string of the molecule is O=C(CCN1C(=S)N[C@H](c2ccccn2)[C@H]1c1ccc(-c2ccccc2)o1)Nc1ccccc1F. The van der Waals surface area contributed by atoms with Gasteiger partial charge in [0.15, 0.2) is 5.11 Å². The average molecular weight is 487 g/mol. The van der Waals surface area contributed by atoms with Crippen LogP contribution in [0.3, 0.4) is 0 Å². The van der Waals surface area contributed by atoms with Gasteiger partial charge in [0.25, 0.3) is 0 Å². The summed E-state index contributed by atoms with van der Waals surface area (Å²) in [6.45, 7) is 0.321. The van der Waals surface area contributed by atoms with E-state index in [-0.39, 0.29) is 30.1 Å². The lowest BCUT2D eigenvalue weighted by Crippen LogP contribution is -2.32. The van der Waals surface area contributed by atoms with Crippen LogP contribution in [0.1, 0.15) is 30.0 Å². The molecule has 3 heterocycles. The standard InChI is InChI=1S/C27H23FN4O2S/c28-19-10-4-5-11-20(19)30-24(33)15-17-32-26(25(31-27(32)35)21-12-6-7-16-29-21)23-14-13-22(34-23)18-8-2-1-3-9-18/h1-14,16,25-26H,15,17H2,(H,30,33)(H,31,35)/t25-,26-/m1/s1. The number of rotatable bonds is 7. The summed E-state index contributed by atoms with van der Waals surface area (Å²) in [6.07, 6.45) is 1.85.